The Labute approximate surface area is 270 Å². The molecule has 0 aromatic carbocycles. The molecule has 0 aromatic rings. The van der Waals surface area contributed by atoms with E-state index in [-0.39, 0.29) is 19.6 Å². The van der Waals surface area contributed by atoms with Crippen LogP contribution in [0.25, 0.3) is 0 Å². The van der Waals surface area contributed by atoms with Gasteiger partial charge in [-0.1, -0.05) is 0 Å². The van der Waals surface area contributed by atoms with Crippen molar-refractivity contribution in [3.05, 3.63) is 0 Å². The standard InChI is InChI=1S/C27H49N5O15/c28-5-10-16(35)17(36)13(31)24(41-10)45-21-11(6-33)42-26(19(21)38)46-23-15(34)8(29)4-9(30)20(23)44-25-14(32)18(37)22-12(43-25)7-40-27(47-22)2-1-3-39-27/h8-26,33-38H,1-7,28-32H2/t8-,9+,10?,11-,12-,13-,14-,15+,16-,17-,18-,19-,20-,21-,22-,23-,24-,25-,26+,27?/m1/s1. The molecule has 16 N–H and O–H groups in total. The zero-order valence-electron chi connectivity index (χ0n) is 25.7. The van der Waals surface area contributed by atoms with Crippen LogP contribution in [-0.4, -0.2) is 179 Å². The molecule has 6 fully saturated rings. The number of hydrogen-bond acceptors (Lipinski definition) is 20. The molecule has 5 aliphatic heterocycles. The second kappa shape index (κ2) is 14.4. The fraction of sp³-hybridized carbons (Fsp3) is 1.00. The fourth-order valence-corrected chi connectivity index (χ4v) is 7.06. The van der Waals surface area contributed by atoms with E-state index >= 15 is 0 Å². The summed E-state index contributed by atoms with van der Waals surface area (Å²) in [7, 11) is 0. The van der Waals surface area contributed by atoms with Crippen LogP contribution in [-0.2, 0) is 42.6 Å². The van der Waals surface area contributed by atoms with E-state index in [2.05, 4.69) is 0 Å². The van der Waals surface area contributed by atoms with Crippen molar-refractivity contribution in [2.45, 2.75) is 142 Å². The van der Waals surface area contributed by atoms with Crippen LogP contribution in [0.2, 0.25) is 0 Å². The van der Waals surface area contributed by atoms with Gasteiger partial charge in [-0.25, -0.2) is 0 Å². The number of fused-ring (bicyclic) bond motifs is 1. The summed E-state index contributed by atoms with van der Waals surface area (Å²) in [4.78, 5) is 0. The molecule has 6 aliphatic rings. The van der Waals surface area contributed by atoms with E-state index in [0.29, 0.717) is 13.0 Å². The third-order valence-electron chi connectivity index (χ3n) is 9.84. The second-order valence-electron chi connectivity index (χ2n) is 13.0. The Morgan fingerprint density at radius 3 is 2.02 bits per heavy atom. The summed E-state index contributed by atoms with van der Waals surface area (Å²) < 4.78 is 52.9. The lowest BCUT2D eigenvalue weighted by molar-refractivity contribution is -0.444. The van der Waals surface area contributed by atoms with E-state index in [0.717, 1.165) is 6.42 Å². The highest BCUT2D eigenvalue weighted by molar-refractivity contribution is 5.03. The second-order valence-corrected chi connectivity index (χ2v) is 13.0. The summed E-state index contributed by atoms with van der Waals surface area (Å²) in [6.45, 7) is -0.316. The maximum Gasteiger partial charge on any atom is 0.283 e. The first-order valence-corrected chi connectivity index (χ1v) is 16.0. The van der Waals surface area contributed by atoms with E-state index < -0.39 is 129 Å². The van der Waals surface area contributed by atoms with Crippen molar-refractivity contribution in [3.63, 3.8) is 0 Å². The highest BCUT2D eigenvalue weighted by Gasteiger charge is 2.57. The number of ether oxygens (including phenoxy) is 9. The van der Waals surface area contributed by atoms with Crippen molar-refractivity contribution >= 4 is 0 Å². The maximum atomic E-state index is 11.2. The predicted octanol–water partition coefficient (Wildman–Crippen LogP) is -7.34. The maximum absolute atomic E-state index is 11.2. The minimum absolute atomic E-state index is 0.0286. The number of nitrogens with two attached hydrogens (primary N) is 5. The molecule has 20 heteroatoms. The lowest BCUT2D eigenvalue weighted by Gasteiger charge is -2.51. The Bertz CT molecular complexity index is 1050. The molecule has 0 amide bonds. The van der Waals surface area contributed by atoms with Gasteiger partial charge in [0.25, 0.3) is 5.97 Å². The molecule has 47 heavy (non-hydrogen) atoms. The molecular formula is C27H49N5O15. The molecule has 1 aliphatic carbocycles. The third-order valence-corrected chi connectivity index (χ3v) is 9.84. The average molecular weight is 684 g/mol. The predicted molar refractivity (Wildman–Crippen MR) is 152 cm³/mol. The molecule has 5 heterocycles. The van der Waals surface area contributed by atoms with Gasteiger partial charge < -0.3 is 102 Å². The van der Waals surface area contributed by atoms with Crippen LogP contribution in [0.5, 0.6) is 0 Å². The van der Waals surface area contributed by atoms with Crippen LogP contribution in [0, 0.1) is 0 Å². The highest BCUT2D eigenvalue weighted by atomic mass is 16.9. The summed E-state index contributed by atoms with van der Waals surface area (Å²) in [5.41, 5.74) is 30.6. The monoisotopic (exact) mass is 683 g/mol. The first-order chi connectivity index (χ1) is 22.4. The molecule has 0 radical (unpaired) electrons. The molecule has 1 saturated carbocycles. The first kappa shape index (κ1) is 36.0. The van der Waals surface area contributed by atoms with Crippen LogP contribution in [0.3, 0.4) is 0 Å². The minimum atomic E-state index is -1.59. The molecule has 272 valence electrons. The number of aliphatic hydroxyl groups excluding tert-OH is 6. The fourth-order valence-electron chi connectivity index (χ4n) is 7.06. The van der Waals surface area contributed by atoms with Crippen molar-refractivity contribution in [3.8, 4) is 0 Å². The van der Waals surface area contributed by atoms with E-state index in [9.17, 15) is 30.6 Å². The largest absolute Gasteiger partial charge is 0.394 e. The van der Waals surface area contributed by atoms with E-state index in [1.165, 1.54) is 0 Å². The van der Waals surface area contributed by atoms with Crippen molar-refractivity contribution in [2.75, 3.05) is 26.4 Å². The molecule has 20 atom stereocenters. The van der Waals surface area contributed by atoms with E-state index in [1.807, 2.05) is 0 Å². The van der Waals surface area contributed by atoms with Crippen molar-refractivity contribution in [1.82, 2.24) is 0 Å². The van der Waals surface area contributed by atoms with Gasteiger partial charge in [-0.05, 0) is 12.8 Å². The third kappa shape index (κ3) is 6.82. The van der Waals surface area contributed by atoms with Gasteiger partial charge >= 0.3 is 0 Å². The van der Waals surface area contributed by atoms with Crippen LogP contribution in [0.1, 0.15) is 19.3 Å². The molecular weight excluding hydrogens is 634 g/mol. The summed E-state index contributed by atoms with van der Waals surface area (Å²) >= 11 is 0. The van der Waals surface area contributed by atoms with Crippen LogP contribution in [0.15, 0.2) is 0 Å². The lowest BCUT2D eigenvalue weighted by Crippen LogP contribution is -2.70. The average Bonchev–Trinajstić information content (AvgIpc) is 3.63. The Morgan fingerprint density at radius 1 is 0.681 bits per heavy atom. The number of aliphatic hydroxyl groups is 6. The summed E-state index contributed by atoms with van der Waals surface area (Å²) in [5, 5.41) is 64.1. The molecule has 2 unspecified atom stereocenters. The quantitative estimate of drug-likeness (QED) is 0.113. The van der Waals surface area contributed by atoms with Gasteiger partial charge in [0.05, 0.1) is 38.0 Å². The Balaban J connectivity index is 1.14. The van der Waals surface area contributed by atoms with E-state index in [4.69, 9.17) is 71.3 Å². The van der Waals surface area contributed by atoms with E-state index in [1.54, 1.807) is 0 Å². The Kier molecular flexibility index (Phi) is 11.1. The molecule has 20 nitrogen and oxygen atoms in total. The smallest absolute Gasteiger partial charge is 0.283 e. The zero-order chi connectivity index (χ0) is 33.8. The zero-order valence-corrected chi connectivity index (χ0v) is 25.7. The number of hydrogen-bond donors (Lipinski definition) is 11. The first-order valence-electron chi connectivity index (χ1n) is 16.0. The normalized spacial score (nSPS) is 55.3. The minimum Gasteiger partial charge on any atom is -0.394 e. The SMILES string of the molecule is NCC1O[C@H](O[C@H]2[C@@H](O)[C@H](O[C@@H]3[C@@H](O)[C@H](N)C[C@H](N)[C@H]3O[C@H]3O[C@@H]4COC5(CCCO5)O[C@H]4[C@H](O)[C@H]3N)O[C@@H]2CO)[C@H](N)[C@@H](O)[C@@H]1O. The van der Waals surface area contributed by atoms with Crippen LogP contribution >= 0.6 is 0 Å². The molecule has 0 bridgehead atoms. The van der Waals surface area contributed by atoms with Gasteiger partial charge in [-0.15, -0.1) is 0 Å². The van der Waals surface area contributed by atoms with Crippen molar-refractivity contribution in [2.24, 2.45) is 28.7 Å². The van der Waals surface area contributed by atoms with Gasteiger partial charge in [0.15, 0.2) is 18.9 Å². The number of rotatable bonds is 8. The summed E-state index contributed by atoms with van der Waals surface area (Å²) in [6, 6.07) is -4.04. The lowest BCUT2D eigenvalue weighted by atomic mass is 9.84. The Morgan fingerprint density at radius 2 is 1.34 bits per heavy atom. The van der Waals surface area contributed by atoms with Crippen LogP contribution < -0.4 is 28.7 Å². The van der Waals surface area contributed by atoms with Gasteiger partial charge in [-0.3, -0.25) is 0 Å². The van der Waals surface area contributed by atoms with Gasteiger partial charge in [0.2, 0.25) is 0 Å². The van der Waals surface area contributed by atoms with Gasteiger partial charge in [0.1, 0.15) is 67.1 Å². The molecule has 1 spiro atoms. The molecule has 6 rings (SSSR count). The van der Waals surface area contributed by atoms with Gasteiger partial charge in [-0.2, -0.15) is 0 Å². The molecule has 0 aromatic heterocycles. The van der Waals surface area contributed by atoms with Gasteiger partial charge in [0, 0.05) is 25.0 Å². The Hall–Kier alpha value is -0.800. The molecule has 5 saturated heterocycles. The van der Waals surface area contributed by atoms with Crippen molar-refractivity contribution in [1.29, 1.82) is 0 Å². The topological polar surface area (TPSA) is 335 Å². The summed E-state index contributed by atoms with van der Waals surface area (Å²) in [5.74, 6) is -1.26. The highest BCUT2D eigenvalue weighted by Crippen LogP contribution is 2.39. The van der Waals surface area contributed by atoms with Crippen LogP contribution in [0.4, 0.5) is 0 Å². The van der Waals surface area contributed by atoms with Crippen molar-refractivity contribution < 1.29 is 73.3 Å². The summed E-state index contributed by atoms with van der Waals surface area (Å²) in [6.07, 6.45) is -17.4.